The maximum Gasteiger partial charge on any atom is 0.252 e. The van der Waals surface area contributed by atoms with E-state index in [2.05, 4.69) is 14.9 Å². The highest BCUT2D eigenvalue weighted by Gasteiger charge is 2.28. The minimum absolute atomic E-state index is 0.120. The predicted molar refractivity (Wildman–Crippen MR) is 80.7 cm³/mol. The lowest BCUT2D eigenvalue weighted by Crippen LogP contribution is -2.46. The Balaban J connectivity index is 1.92. The van der Waals surface area contributed by atoms with Crippen LogP contribution in [0.4, 0.5) is 5.95 Å². The van der Waals surface area contributed by atoms with Crippen LogP contribution in [-0.2, 0) is 9.47 Å². The number of aromatic nitrogens is 2. The zero-order valence-electron chi connectivity index (χ0n) is 13.0. The summed E-state index contributed by atoms with van der Waals surface area (Å²) in [6.07, 6.45) is 3.41. The third-order valence-corrected chi connectivity index (χ3v) is 4.01. The van der Waals surface area contributed by atoms with E-state index in [-0.39, 0.29) is 18.3 Å². The van der Waals surface area contributed by atoms with E-state index in [4.69, 9.17) is 15.2 Å². The first-order chi connectivity index (χ1) is 10.5. The second-order valence-corrected chi connectivity index (χ2v) is 6.00. The summed E-state index contributed by atoms with van der Waals surface area (Å²) in [7, 11) is 0. The van der Waals surface area contributed by atoms with E-state index in [0.29, 0.717) is 23.8 Å². The second kappa shape index (κ2) is 6.18. The van der Waals surface area contributed by atoms with E-state index in [9.17, 15) is 4.79 Å². The summed E-state index contributed by atoms with van der Waals surface area (Å²) in [5.41, 5.74) is 6.41. The van der Waals surface area contributed by atoms with Gasteiger partial charge in [0.15, 0.2) is 0 Å². The van der Waals surface area contributed by atoms with Gasteiger partial charge in [0.25, 0.3) is 5.91 Å². The third-order valence-electron chi connectivity index (χ3n) is 4.01. The van der Waals surface area contributed by atoms with Crippen molar-refractivity contribution in [2.45, 2.75) is 45.0 Å². The number of rotatable bonds is 3. The topological polar surface area (TPSA) is 90.6 Å². The molecule has 7 heteroatoms. The fourth-order valence-electron chi connectivity index (χ4n) is 3.11. The number of carbonyl (C=O) groups is 1. The Morgan fingerprint density at radius 1 is 1.36 bits per heavy atom. The summed E-state index contributed by atoms with van der Waals surface area (Å²) in [4.78, 5) is 22.6. The lowest BCUT2D eigenvalue weighted by Gasteiger charge is -2.35. The quantitative estimate of drug-likeness (QED) is 0.897. The van der Waals surface area contributed by atoms with Gasteiger partial charge >= 0.3 is 0 Å². The number of hydrogen-bond acceptors (Lipinski definition) is 6. The number of morpholine rings is 1. The van der Waals surface area contributed by atoms with Gasteiger partial charge in [-0.2, -0.15) is 0 Å². The number of amides is 1. The van der Waals surface area contributed by atoms with Crippen LogP contribution < -0.4 is 10.6 Å². The van der Waals surface area contributed by atoms with Crippen LogP contribution in [-0.4, -0.2) is 47.8 Å². The van der Waals surface area contributed by atoms with Crippen LogP contribution in [0.1, 0.15) is 48.8 Å². The average molecular weight is 306 g/mol. The molecule has 0 saturated carbocycles. The largest absolute Gasteiger partial charge is 0.372 e. The van der Waals surface area contributed by atoms with E-state index in [1.54, 1.807) is 0 Å². The smallest absolute Gasteiger partial charge is 0.252 e. The van der Waals surface area contributed by atoms with Gasteiger partial charge in [0.1, 0.15) is 6.10 Å². The molecule has 0 unspecified atom stereocenters. The number of carbonyl (C=O) groups excluding carboxylic acids is 1. The molecule has 0 aromatic carbocycles. The Hall–Kier alpha value is -1.73. The molecule has 120 valence electrons. The summed E-state index contributed by atoms with van der Waals surface area (Å²) < 4.78 is 11.4. The maximum absolute atomic E-state index is 11.6. The van der Waals surface area contributed by atoms with E-state index in [0.717, 1.165) is 25.9 Å². The molecular formula is C15H22N4O3. The molecule has 0 radical (unpaired) electrons. The van der Waals surface area contributed by atoms with E-state index in [1.807, 2.05) is 13.8 Å². The summed E-state index contributed by atoms with van der Waals surface area (Å²) in [6, 6.07) is 0. The van der Waals surface area contributed by atoms with Gasteiger partial charge in [0.2, 0.25) is 5.95 Å². The Morgan fingerprint density at radius 3 is 2.68 bits per heavy atom. The highest BCUT2D eigenvalue weighted by Crippen LogP contribution is 2.30. The van der Waals surface area contributed by atoms with Gasteiger partial charge in [0, 0.05) is 25.9 Å². The molecule has 2 aliphatic rings. The van der Waals surface area contributed by atoms with E-state index < -0.39 is 5.91 Å². The Kier molecular flexibility index (Phi) is 4.26. The number of ether oxygens (including phenoxy) is 2. The molecule has 0 spiro atoms. The first-order valence-corrected chi connectivity index (χ1v) is 7.73. The lowest BCUT2D eigenvalue weighted by atomic mass is 10.1. The highest BCUT2D eigenvalue weighted by atomic mass is 16.5. The van der Waals surface area contributed by atoms with Crippen molar-refractivity contribution < 1.29 is 14.3 Å². The Morgan fingerprint density at radius 2 is 2.09 bits per heavy atom. The highest BCUT2D eigenvalue weighted by molar-refractivity contribution is 5.93. The number of hydrogen-bond donors (Lipinski definition) is 1. The predicted octanol–water partition coefficient (Wildman–Crippen LogP) is 1.04. The fraction of sp³-hybridized carbons (Fsp3) is 0.667. The maximum atomic E-state index is 11.6. The zero-order chi connectivity index (χ0) is 15.7. The van der Waals surface area contributed by atoms with Crippen molar-refractivity contribution in [1.82, 2.24) is 9.97 Å². The average Bonchev–Trinajstić information content (AvgIpc) is 2.99. The van der Waals surface area contributed by atoms with Crippen molar-refractivity contribution in [2.24, 2.45) is 5.73 Å². The van der Waals surface area contributed by atoms with Crippen molar-refractivity contribution in [3.63, 3.8) is 0 Å². The third kappa shape index (κ3) is 3.05. The van der Waals surface area contributed by atoms with Gasteiger partial charge < -0.3 is 20.1 Å². The van der Waals surface area contributed by atoms with Crippen molar-refractivity contribution in [3.05, 3.63) is 17.5 Å². The summed E-state index contributed by atoms with van der Waals surface area (Å²) >= 11 is 0. The van der Waals surface area contributed by atoms with Gasteiger partial charge in [-0.1, -0.05) is 0 Å². The van der Waals surface area contributed by atoms with Gasteiger partial charge in [0.05, 0.1) is 23.5 Å². The lowest BCUT2D eigenvalue weighted by molar-refractivity contribution is -0.00577. The van der Waals surface area contributed by atoms with Crippen molar-refractivity contribution in [1.29, 1.82) is 0 Å². The van der Waals surface area contributed by atoms with Gasteiger partial charge in [-0.05, 0) is 26.7 Å². The molecule has 0 bridgehead atoms. The second-order valence-electron chi connectivity index (χ2n) is 6.00. The molecule has 2 aliphatic heterocycles. The van der Waals surface area contributed by atoms with Crippen LogP contribution in [0.5, 0.6) is 0 Å². The van der Waals surface area contributed by atoms with Crippen LogP contribution in [0.25, 0.3) is 0 Å². The molecule has 1 amide bonds. The standard InChI is InChI=1S/C15H22N4O3/c1-9-7-19(8-10(2)22-9)15-17-6-11(14(16)20)13(18-15)12-4-3-5-21-12/h6,9-10,12H,3-5,7-8H2,1-2H3,(H2,16,20)/t9-,10+,12-/m1/s1. The molecule has 3 atom stereocenters. The molecule has 2 fully saturated rings. The number of anilines is 1. The van der Waals surface area contributed by atoms with E-state index >= 15 is 0 Å². The normalized spacial score (nSPS) is 28.8. The fourth-order valence-corrected chi connectivity index (χ4v) is 3.11. The Labute approximate surface area is 129 Å². The summed E-state index contributed by atoms with van der Waals surface area (Å²) in [5.74, 6) is 0.0956. The molecule has 22 heavy (non-hydrogen) atoms. The van der Waals surface area contributed by atoms with Gasteiger partial charge in [-0.3, -0.25) is 4.79 Å². The van der Waals surface area contributed by atoms with Crippen molar-refractivity contribution in [3.8, 4) is 0 Å². The van der Waals surface area contributed by atoms with E-state index in [1.165, 1.54) is 6.20 Å². The zero-order valence-corrected chi connectivity index (χ0v) is 13.0. The molecule has 2 saturated heterocycles. The first kappa shape index (κ1) is 15.2. The molecule has 3 rings (SSSR count). The summed E-state index contributed by atoms with van der Waals surface area (Å²) in [5, 5.41) is 0. The minimum atomic E-state index is -0.513. The van der Waals surface area contributed by atoms with Crippen LogP contribution in [0.3, 0.4) is 0 Å². The minimum Gasteiger partial charge on any atom is -0.372 e. The van der Waals surface area contributed by atoms with Crippen LogP contribution >= 0.6 is 0 Å². The SMILES string of the molecule is C[C@@H]1CN(c2ncc(C(N)=O)c([C@H]3CCCO3)n2)C[C@H](C)O1. The molecule has 0 aliphatic carbocycles. The molecular weight excluding hydrogens is 284 g/mol. The molecule has 7 nitrogen and oxygen atoms in total. The van der Waals surface area contributed by atoms with Crippen LogP contribution in [0, 0.1) is 0 Å². The van der Waals surface area contributed by atoms with Crippen LogP contribution in [0.15, 0.2) is 6.20 Å². The number of nitrogens with two attached hydrogens (primary N) is 1. The molecule has 1 aromatic heterocycles. The molecule has 3 heterocycles. The van der Waals surface area contributed by atoms with Crippen molar-refractivity contribution >= 4 is 11.9 Å². The first-order valence-electron chi connectivity index (χ1n) is 7.73. The van der Waals surface area contributed by atoms with Gasteiger partial charge in [-0.25, -0.2) is 9.97 Å². The molecule has 2 N–H and O–H groups in total. The number of nitrogens with zero attached hydrogens (tertiary/aromatic N) is 3. The van der Waals surface area contributed by atoms with Gasteiger partial charge in [-0.15, -0.1) is 0 Å². The van der Waals surface area contributed by atoms with Crippen LogP contribution in [0.2, 0.25) is 0 Å². The monoisotopic (exact) mass is 306 g/mol. The number of primary amides is 1. The molecule has 1 aromatic rings. The Bertz CT molecular complexity index is 550. The van der Waals surface area contributed by atoms with Crippen molar-refractivity contribution in [2.75, 3.05) is 24.6 Å². The summed E-state index contributed by atoms with van der Waals surface area (Å²) in [6.45, 7) is 6.20.